The molecule has 1 aromatic heterocycles. The predicted molar refractivity (Wildman–Crippen MR) is 79.3 cm³/mol. The molecule has 2 heterocycles. The second-order valence-electron chi connectivity index (χ2n) is 4.41. The standard InChI is InChI=1S/C13H10BrNO5S/c1-6(17)18-4-8-5-19-11-9(20-8)2-7(3-16)10-12(11)21-13(14)15-10/h2-3,8H,4-5H2,1H3. The Morgan fingerprint density at radius 1 is 1.67 bits per heavy atom. The van der Waals surface area contributed by atoms with Crippen LogP contribution < -0.4 is 9.47 Å². The van der Waals surface area contributed by atoms with Crippen LogP contribution in [0.3, 0.4) is 0 Å². The van der Waals surface area contributed by atoms with Crippen LogP contribution in [0.15, 0.2) is 9.98 Å². The lowest BCUT2D eigenvalue weighted by molar-refractivity contribution is -0.144. The zero-order valence-corrected chi connectivity index (χ0v) is 13.3. The third-order valence-corrected chi connectivity index (χ3v) is 4.40. The van der Waals surface area contributed by atoms with Crippen molar-refractivity contribution in [1.29, 1.82) is 0 Å². The number of halogens is 1. The van der Waals surface area contributed by atoms with Crippen LogP contribution in [-0.2, 0) is 9.53 Å². The molecule has 1 aliphatic heterocycles. The summed E-state index contributed by atoms with van der Waals surface area (Å²) in [7, 11) is 0. The maximum absolute atomic E-state index is 11.2. The van der Waals surface area contributed by atoms with Crippen LogP contribution in [0, 0.1) is 0 Å². The van der Waals surface area contributed by atoms with Gasteiger partial charge in [-0.3, -0.25) is 9.59 Å². The molecule has 0 N–H and O–H groups in total. The van der Waals surface area contributed by atoms with Crippen molar-refractivity contribution in [3.63, 3.8) is 0 Å². The van der Waals surface area contributed by atoms with Gasteiger partial charge in [-0.25, -0.2) is 4.98 Å². The van der Waals surface area contributed by atoms with Gasteiger partial charge in [0.2, 0.25) is 0 Å². The number of aldehydes is 1. The van der Waals surface area contributed by atoms with Gasteiger partial charge in [0.15, 0.2) is 27.8 Å². The van der Waals surface area contributed by atoms with Gasteiger partial charge in [-0.2, -0.15) is 0 Å². The number of aromatic nitrogens is 1. The zero-order chi connectivity index (χ0) is 15.0. The fraction of sp³-hybridized carbons (Fsp3) is 0.308. The summed E-state index contributed by atoms with van der Waals surface area (Å²) in [4.78, 5) is 26.3. The molecule has 3 rings (SSSR count). The Morgan fingerprint density at radius 2 is 2.48 bits per heavy atom. The van der Waals surface area contributed by atoms with Crippen LogP contribution in [0.2, 0.25) is 0 Å². The smallest absolute Gasteiger partial charge is 0.302 e. The molecule has 1 atom stereocenters. The lowest BCUT2D eigenvalue weighted by atomic mass is 10.1. The average Bonchev–Trinajstić information content (AvgIpc) is 2.85. The third-order valence-electron chi connectivity index (χ3n) is 2.90. The average molecular weight is 372 g/mol. The second-order valence-corrected chi connectivity index (χ2v) is 6.68. The molecule has 0 bridgehead atoms. The van der Waals surface area contributed by atoms with Crippen LogP contribution in [0.25, 0.3) is 10.2 Å². The van der Waals surface area contributed by atoms with Crippen LogP contribution >= 0.6 is 27.3 Å². The van der Waals surface area contributed by atoms with Gasteiger partial charge in [0.25, 0.3) is 0 Å². The van der Waals surface area contributed by atoms with Crippen molar-refractivity contribution in [1.82, 2.24) is 4.98 Å². The molecule has 0 saturated heterocycles. The Balaban J connectivity index is 1.96. The summed E-state index contributed by atoms with van der Waals surface area (Å²) in [6.07, 6.45) is 0.336. The van der Waals surface area contributed by atoms with Gasteiger partial charge in [0, 0.05) is 12.5 Å². The van der Waals surface area contributed by atoms with Crippen molar-refractivity contribution in [2.45, 2.75) is 13.0 Å². The first-order chi connectivity index (χ1) is 10.1. The number of thiazole rings is 1. The monoisotopic (exact) mass is 371 g/mol. The first-order valence-corrected chi connectivity index (χ1v) is 7.70. The minimum Gasteiger partial charge on any atom is -0.484 e. The number of fused-ring (bicyclic) bond motifs is 3. The Bertz CT molecular complexity index is 729. The van der Waals surface area contributed by atoms with Gasteiger partial charge in [-0.1, -0.05) is 0 Å². The molecule has 8 heteroatoms. The lowest BCUT2D eigenvalue weighted by Crippen LogP contribution is -2.34. The van der Waals surface area contributed by atoms with E-state index in [1.54, 1.807) is 6.07 Å². The van der Waals surface area contributed by atoms with E-state index in [2.05, 4.69) is 20.9 Å². The number of esters is 1. The molecule has 0 spiro atoms. The van der Waals surface area contributed by atoms with Crippen molar-refractivity contribution >= 4 is 49.7 Å². The lowest BCUT2D eigenvalue weighted by Gasteiger charge is -2.26. The van der Waals surface area contributed by atoms with E-state index in [0.29, 0.717) is 26.5 Å². The van der Waals surface area contributed by atoms with E-state index < -0.39 is 6.10 Å². The van der Waals surface area contributed by atoms with Crippen LogP contribution in [0.4, 0.5) is 0 Å². The van der Waals surface area contributed by atoms with Gasteiger partial charge in [-0.05, 0) is 22.0 Å². The molecule has 1 unspecified atom stereocenters. The third kappa shape index (κ3) is 2.73. The highest BCUT2D eigenvalue weighted by atomic mass is 79.9. The normalized spacial score (nSPS) is 16.8. The highest BCUT2D eigenvalue weighted by molar-refractivity contribution is 9.11. The number of nitrogens with zero attached hydrogens (tertiary/aromatic N) is 1. The van der Waals surface area contributed by atoms with E-state index in [1.165, 1.54) is 18.3 Å². The summed E-state index contributed by atoms with van der Waals surface area (Å²) in [5, 5.41) is 0. The number of hydrogen-bond acceptors (Lipinski definition) is 7. The Hall–Kier alpha value is -1.67. The summed E-state index contributed by atoms with van der Waals surface area (Å²) in [5.74, 6) is 0.654. The van der Waals surface area contributed by atoms with E-state index in [9.17, 15) is 9.59 Å². The van der Waals surface area contributed by atoms with Crippen LogP contribution in [0.5, 0.6) is 11.5 Å². The molecule has 1 aliphatic rings. The van der Waals surface area contributed by atoms with Crippen molar-refractivity contribution in [3.8, 4) is 11.5 Å². The van der Waals surface area contributed by atoms with Crippen molar-refractivity contribution in [2.24, 2.45) is 0 Å². The number of hydrogen-bond donors (Lipinski definition) is 0. The molecular weight excluding hydrogens is 362 g/mol. The molecule has 110 valence electrons. The van der Waals surface area contributed by atoms with Crippen LogP contribution in [-0.4, -0.2) is 36.6 Å². The molecule has 0 radical (unpaired) electrons. The number of benzene rings is 1. The quantitative estimate of drug-likeness (QED) is 0.609. The number of ether oxygens (including phenoxy) is 3. The first-order valence-electron chi connectivity index (χ1n) is 6.09. The molecule has 1 aromatic carbocycles. The van der Waals surface area contributed by atoms with E-state index in [1.807, 2.05) is 0 Å². The summed E-state index contributed by atoms with van der Waals surface area (Å²) >= 11 is 4.68. The fourth-order valence-corrected chi connectivity index (χ4v) is 3.51. The van der Waals surface area contributed by atoms with Gasteiger partial charge in [0.1, 0.15) is 17.9 Å². The number of rotatable bonds is 3. The molecule has 0 aliphatic carbocycles. The number of carbonyl (C=O) groups is 2. The maximum atomic E-state index is 11.2. The zero-order valence-electron chi connectivity index (χ0n) is 10.9. The van der Waals surface area contributed by atoms with Gasteiger partial charge >= 0.3 is 5.97 Å². The molecular formula is C13H10BrNO5S. The minimum absolute atomic E-state index is 0.107. The van der Waals surface area contributed by atoms with Gasteiger partial charge < -0.3 is 14.2 Å². The predicted octanol–water partition coefficient (Wildman–Crippen LogP) is 2.57. The summed E-state index contributed by atoms with van der Waals surface area (Å²) in [5.41, 5.74) is 1.02. The van der Waals surface area contributed by atoms with E-state index in [0.717, 1.165) is 11.0 Å². The van der Waals surface area contributed by atoms with Crippen molar-refractivity contribution in [3.05, 3.63) is 15.5 Å². The number of carbonyl (C=O) groups excluding carboxylic acids is 2. The van der Waals surface area contributed by atoms with E-state index >= 15 is 0 Å². The molecule has 6 nitrogen and oxygen atoms in total. The topological polar surface area (TPSA) is 74.7 Å². The summed E-state index contributed by atoms with van der Waals surface area (Å²) in [6, 6.07) is 1.59. The van der Waals surface area contributed by atoms with Crippen molar-refractivity contribution < 1.29 is 23.8 Å². The Morgan fingerprint density at radius 3 is 3.19 bits per heavy atom. The molecule has 0 fully saturated rings. The molecule has 2 aromatic rings. The second kappa shape index (κ2) is 5.61. The van der Waals surface area contributed by atoms with E-state index in [4.69, 9.17) is 14.2 Å². The molecule has 21 heavy (non-hydrogen) atoms. The Kier molecular flexibility index (Phi) is 3.81. The van der Waals surface area contributed by atoms with Gasteiger partial charge in [0.05, 0.1) is 5.52 Å². The molecule has 0 saturated carbocycles. The largest absolute Gasteiger partial charge is 0.484 e. The highest BCUT2D eigenvalue weighted by Crippen LogP contribution is 2.44. The minimum atomic E-state index is -0.394. The van der Waals surface area contributed by atoms with Gasteiger partial charge in [-0.15, -0.1) is 11.3 Å². The molecule has 0 amide bonds. The SMILES string of the molecule is CC(=O)OCC1COc2c(cc(C=O)c3nc(Br)sc23)O1. The summed E-state index contributed by atoms with van der Waals surface area (Å²) < 4.78 is 17.8. The first kappa shape index (κ1) is 14.3. The fourth-order valence-electron chi connectivity index (χ4n) is 2.03. The Labute approximate surface area is 132 Å². The van der Waals surface area contributed by atoms with Crippen molar-refractivity contribution in [2.75, 3.05) is 13.2 Å². The highest BCUT2D eigenvalue weighted by Gasteiger charge is 2.27. The maximum Gasteiger partial charge on any atom is 0.302 e. The van der Waals surface area contributed by atoms with Crippen LogP contribution in [0.1, 0.15) is 17.3 Å². The van der Waals surface area contributed by atoms with E-state index in [-0.39, 0.29) is 19.2 Å². The summed E-state index contributed by atoms with van der Waals surface area (Å²) in [6.45, 7) is 1.71.